The second-order valence-electron chi connectivity index (χ2n) is 7.17. The summed E-state index contributed by atoms with van der Waals surface area (Å²) in [4.78, 5) is 23.0. The molecule has 0 aliphatic carbocycles. The lowest BCUT2D eigenvalue weighted by Crippen LogP contribution is -2.47. The fourth-order valence-electron chi connectivity index (χ4n) is 3.89. The Morgan fingerprint density at radius 1 is 1.19 bits per heavy atom. The molecule has 1 amide bonds. The van der Waals surface area contributed by atoms with Gasteiger partial charge in [0, 0.05) is 25.4 Å². The molecule has 1 aromatic carbocycles. The minimum Gasteiger partial charge on any atom is -0.344 e. The highest BCUT2D eigenvalue weighted by Gasteiger charge is 2.50. The van der Waals surface area contributed by atoms with Gasteiger partial charge in [0.1, 0.15) is 11.4 Å². The van der Waals surface area contributed by atoms with Crippen molar-refractivity contribution in [2.24, 2.45) is 0 Å². The van der Waals surface area contributed by atoms with Crippen LogP contribution >= 0.6 is 0 Å². The molecule has 1 spiro atoms. The van der Waals surface area contributed by atoms with E-state index in [0.717, 1.165) is 37.9 Å². The first-order valence-electron chi connectivity index (χ1n) is 8.82. The van der Waals surface area contributed by atoms with Gasteiger partial charge in [-0.05, 0) is 37.5 Å². The van der Waals surface area contributed by atoms with Crippen molar-refractivity contribution in [3.8, 4) is 11.3 Å². The van der Waals surface area contributed by atoms with Crippen molar-refractivity contribution in [3.05, 3.63) is 47.9 Å². The van der Waals surface area contributed by atoms with Crippen LogP contribution in [-0.4, -0.2) is 39.9 Å². The number of benzene rings is 1. The molecule has 2 aliphatic rings. The van der Waals surface area contributed by atoms with Crippen LogP contribution < -0.4 is 5.32 Å². The monoisotopic (exact) mass is 376 g/mol. The number of likely N-dealkylation sites (N-methyl/N-ethyl adjacent to an activating group) is 1. The van der Waals surface area contributed by atoms with E-state index in [1.807, 2.05) is 0 Å². The summed E-state index contributed by atoms with van der Waals surface area (Å²) >= 11 is 0. The molecular formula is C19H19F3N4O. The average molecular weight is 376 g/mol. The zero-order valence-corrected chi connectivity index (χ0v) is 14.8. The molecular weight excluding hydrogens is 357 g/mol. The van der Waals surface area contributed by atoms with Gasteiger partial charge < -0.3 is 4.90 Å². The summed E-state index contributed by atoms with van der Waals surface area (Å²) in [6, 6.07) is 6.45. The van der Waals surface area contributed by atoms with Crippen LogP contribution in [0.1, 0.15) is 36.7 Å². The van der Waals surface area contributed by atoms with Crippen LogP contribution in [0.25, 0.3) is 11.3 Å². The first kappa shape index (κ1) is 17.9. The largest absolute Gasteiger partial charge is 0.416 e. The maximum atomic E-state index is 12.7. The highest BCUT2D eigenvalue weighted by molar-refractivity contribution is 5.88. The number of aromatic nitrogens is 2. The maximum Gasteiger partial charge on any atom is 0.416 e. The Kier molecular flexibility index (Phi) is 4.18. The molecule has 2 atom stereocenters. The molecule has 5 nitrogen and oxygen atoms in total. The first-order chi connectivity index (χ1) is 12.8. The van der Waals surface area contributed by atoms with Crippen molar-refractivity contribution in [1.29, 1.82) is 0 Å². The van der Waals surface area contributed by atoms with Crippen molar-refractivity contribution >= 4 is 5.91 Å². The summed E-state index contributed by atoms with van der Waals surface area (Å²) < 4.78 is 38.2. The zero-order chi connectivity index (χ0) is 19.2. The van der Waals surface area contributed by atoms with E-state index in [0.29, 0.717) is 17.1 Å². The van der Waals surface area contributed by atoms with Crippen LogP contribution in [0.3, 0.4) is 0 Å². The number of alkyl halides is 3. The van der Waals surface area contributed by atoms with Gasteiger partial charge in [-0.25, -0.2) is 9.97 Å². The molecule has 2 aliphatic heterocycles. The molecule has 8 heteroatoms. The van der Waals surface area contributed by atoms with Crippen LogP contribution in [0.4, 0.5) is 13.2 Å². The predicted octanol–water partition coefficient (Wildman–Crippen LogP) is 3.19. The third-order valence-electron chi connectivity index (χ3n) is 5.43. The molecule has 27 heavy (non-hydrogen) atoms. The minimum atomic E-state index is -4.36. The number of carbonyl (C=O) groups is 1. The fraction of sp³-hybridized carbons (Fsp3) is 0.421. The van der Waals surface area contributed by atoms with Crippen LogP contribution in [0.5, 0.6) is 0 Å². The Bertz CT molecular complexity index is 868. The average Bonchev–Trinajstić information content (AvgIpc) is 3.21. The van der Waals surface area contributed by atoms with Crippen LogP contribution in [0, 0.1) is 0 Å². The van der Waals surface area contributed by atoms with Gasteiger partial charge in [-0.2, -0.15) is 13.2 Å². The number of nitrogens with zero attached hydrogens (tertiary/aromatic N) is 3. The number of halogens is 3. The fourth-order valence-corrected chi connectivity index (χ4v) is 3.89. The van der Waals surface area contributed by atoms with Crippen molar-refractivity contribution in [2.45, 2.75) is 37.0 Å². The number of likely N-dealkylation sites (tertiary alicyclic amines) is 1. The molecule has 142 valence electrons. The van der Waals surface area contributed by atoms with Gasteiger partial charge in [0.2, 0.25) is 5.91 Å². The van der Waals surface area contributed by atoms with Gasteiger partial charge in [-0.15, -0.1) is 0 Å². The topological polar surface area (TPSA) is 58.1 Å². The molecule has 2 saturated heterocycles. The summed E-state index contributed by atoms with van der Waals surface area (Å²) in [7, 11) is 1.80. The smallest absolute Gasteiger partial charge is 0.344 e. The van der Waals surface area contributed by atoms with Gasteiger partial charge >= 0.3 is 6.18 Å². The Balaban J connectivity index is 1.56. The third kappa shape index (κ3) is 3.18. The number of nitrogens with one attached hydrogen (secondary N) is 1. The van der Waals surface area contributed by atoms with E-state index in [1.165, 1.54) is 12.1 Å². The van der Waals surface area contributed by atoms with Gasteiger partial charge in [-0.1, -0.05) is 12.1 Å². The number of amides is 1. The summed E-state index contributed by atoms with van der Waals surface area (Å²) in [5.41, 5.74) is -0.0705. The van der Waals surface area contributed by atoms with E-state index in [4.69, 9.17) is 0 Å². The normalized spacial score (nSPS) is 25.6. The molecule has 0 unspecified atom stereocenters. The minimum absolute atomic E-state index is 0.101. The molecule has 4 rings (SSSR count). The number of rotatable bonds is 2. The first-order valence-corrected chi connectivity index (χ1v) is 8.82. The number of carbonyl (C=O) groups excluding carboxylic acids is 1. The highest BCUT2D eigenvalue weighted by Crippen LogP contribution is 2.38. The number of hydrogen-bond donors (Lipinski definition) is 1. The molecule has 1 aromatic heterocycles. The standard InChI is InChI=1S/C19H19F3N4O/c1-26-11-9-18(17(26)27)8-6-15(25-18)16-23-10-7-14(24-16)12-2-4-13(5-3-12)19(20,21)22/h2-5,7,10,15,25H,6,8-9,11H2,1H3/t15-,18+/m0/s1. The van der Waals surface area contributed by atoms with Crippen LogP contribution in [-0.2, 0) is 11.0 Å². The van der Waals surface area contributed by atoms with E-state index in [1.54, 1.807) is 24.2 Å². The van der Waals surface area contributed by atoms with E-state index in [9.17, 15) is 18.0 Å². The summed E-state index contributed by atoms with van der Waals surface area (Å²) in [6.45, 7) is 0.727. The van der Waals surface area contributed by atoms with Crippen LogP contribution in [0.2, 0.25) is 0 Å². The van der Waals surface area contributed by atoms with E-state index in [-0.39, 0.29) is 11.9 Å². The van der Waals surface area contributed by atoms with E-state index >= 15 is 0 Å². The van der Waals surface area contributed by atoms with Crippen molar-refractivity contribution in [2.75, 3.05) is 13.6 Å². The van der Waals surface area contributed by atoms with E-state index in [2.05, 4.69) is 15.3 Å². The summed E-state index contributed by atoms with van der Waals surface area (Å²) in [6.07, 6.45) is -0.523. The SMILES string of the molecule is CN1CC[C@]2(CC[C@@H](c3nccc(-c4ccc(C(F)(F)F)cc4)n3)N2)C1=O. The Hall–Kier alpha value is -2.48. The van der Waals surface area contributed by atoms with Gasteiger partial charge in [-0.3, -0.25) is 10.1 Å². The lowest BCUT2D eigenvalue weighted by molar-refractivity contribution is -0.137. The van der Waals surface area contributed by atoms with Crippen molar-refractivity contribution < 1.29 is 18.0 Å². The molecule has 0 saturated carbocycles. The van der Waals surface area contributed by atoms with E-state index < -0.39 is 17.3 Å². The molecule has 0 radical (unpaired) electrons. The molecule has 2 fully saturated rings. The predicted molar refractivity (Wildman–Crippen MR) is 92.6 cm³/mol. The van der Waals surface area contributed by atoms with Gasteiger partial charge in [0.25, 0.3) is 0 Å². The Labute approximate surface area is 154 Å². The maximum absolute atomic E-state index is 12.7. The van der Waals surface area contributed by atoms with Crippen molar-refractivity contribution in [3.63, 3.8) is 0 Å². The third-order valence-corrected chi connectivity index (χ3v) is 5.43. The Morgan fingerprint density at radius 2 is 1.93 bits per heavy atom. The second kappa shape index (κ2) is 6.30. The van der Waals surface area contributed by atoms with Gasteiger partial charge in [0.05, 0.1) is 17.3 Å². The lowest BCUT2D eigenvalue weighted by Gasteiger charge is -2.23. The van der Waals surface area contributed by atoms with Crippen LogP contribution in [0.15, 0.2) is 36.5 Å². The number of hydrogen-bond acceptors (Lipinski definition) is 4. The molecule has 3 heterocycles. The zero-order valence-electron chi connectivity index (χ0n) is 14.8. The quantitative estimate of drug-likeness (QED) is 0.875. The summed E-state index contributed by atoms with van der Waals surface area (Å²) in [5.74, 6) is 0.663. The second-order valence-corrected chi connectivity index (χ2v) is 7.17. The van der Waals surface area contributed by atoms with Gasteiger partial charge in [0.15, 0.2) is 0 Å². The highest BCUT2D eigenvalue weighted by atomic mass is 19.4. The molecule has 1 N–H and O–H groups in total. The molecule has 2 aromatic rings. The summed E-state index contributed by atoms with van der Waals surface area (Å²) in [5, 5.41) is 3.41. The molecule has 0 bridgehead atoms. The lowest BCUT2D eigenvalue weighted by atomic mass is 9.96. The van der Waals surface area contributed by atoms with Crippen molar-refractivity contribution in [1.82, 2.24) is 20.2 Å². The Morgan fingerprint density at radius 3 is 2.56 bits per heavy atom.